The Balaban J connectivity index is 1.74. The molecule has 1 heterocycles. The predicted octanol–water partition coefficient (Wildman–Crippen LogP) is 3.11. The fourth-order valence-corrected chi connectivity index (χ4v) is 3.19. The van der Waals surface area contributed by atoms with Crippen LogP contribution in [-0.2, 0) is 11.2 Å². The standard InChI is InChI=1S/C20H24N2O/c1-2-12-22-13-11-21-19(20(22)23)15-16-7-6-10-18(14-16)17-8-4-3-5-9-17/h3-10,14,19,21H,2,11-13,15H2,1H3/t19-/m0/s1. The molecule has 120 valence electrons. The van der Waals surface area contributed by atoms with Crippen LogP contribution in [0.1, 0.15) is 18.9 Å². The van der Waals surface area contributed by atoms with E-state index in [-0.39, 0.29) is 11.9 Å². The van der Waals surface area contributed by atoms with Gasteiger partial charge in [0.05, 0.1) is 6.04 Å². The molecule has 0 unspecified atom stereocenters. The Labute approximate surface area is 138 Å². The molecule has 2 aromatic rings. The van der Waals surface area contributed by atoms with E-state index in [0.29, 0.717) is 0 Å². The van der Waals surface area contributed by atoms with Gasteiger partial charge in [-0.1, -0.05) is 61.5 Å². The van der Waals surface area contributed by atoms with Gasteiger partial charge in [0.1, 0.15) is 0 Å². The average molecular weight is 308 g/mol. The quantitative estimate of drug-likeness (QED) is 0.920. The fraction of sp³-hybridized carbons (Fsp3) is 0.350. The first-order valence-corrected chi connectivity index (χ1v) is 8.44. The minimum Gasteiger partial charge on any atom is -0.340 e. The van der Waals surface area contributed by atoms with Gasteiger partial charge in [0.15, 0.2) is 0 Å². The van der Waals surface area contributed by atoms with Gasteiger partial charge in [-0.15, -0.1) is 0 Å². The molecule has 2 aromatic carbocycles. The summed E-state index contributed by atoms with van der Waals surface area (Å²) in [5, 5.41) is 3.37. The molecule has 0 radical (unpaired) electrons. The maximum absolute atomic E-state index is 12.5. The number of rotatable bonds is 5. The molecular weight excluding hydrogens is 284 g/mol. The summed E-state index contributed by atoms with van der Waals surface area (Å²) in [6.07, 6.45) is 1.77. The zero-order valence-electron chi connectivity index (χ0n) is 13.7. The second kappa shape index (κ2) is 7.42. The summed E-state index contributed by atoms with van der Waals surface area (Å²) in [6.45, 7) is 4.69. The van der Waals surface area contributed by atoms with Gasteiger partial charge < -0.3 is 10.2 Å². The zero-order valence-corrected chi connectivity index (χ0v) is 13.7. The van der Waals surface area contributed by atoms with Crippen molar-refractivity contribution in [3.05, 3.63) is 60.2 Å². The Morgan fingerprint density at radius 2 is 1.87 bits per heavy atom. The number of carbonyl (C=O) groups excluding carboxylic acids is 1. The molecule has 3 nitrogen and oxygen atoms in total. The molecule has 1 saturated heterocycles. The van der Waals surface area contributed by atoms with Gasteiger partial charge in [-0.05, 0) is 29.5 Å². The van der Waals surface area contributed by atoms with Crippen LogP contribution in [0.3, 0.4) is 0 Å². The molecule has 1 N–H and O–H groups in total. The highest BCUT2D eigenvalue weighted by molar-refractivity contribution is 5.83. The lowest BCUT2D eigenvalue weighted by Crippen LogP contribution is -2.55. The number of piperazine rings is 1. The number of nitrogens with one attached hydrogen (secondary N) is 1. The first kappa shape index (κ1) is 15.8. The molecule has 0 bridgehead atoms. The molecule has 1 fully saturated rings. The Kier molecular flexibility index (Phi) is 5.09. The SMILES string of the molecule is CCCN1CCN[C@@H](Cc2cccc(-c3ccccc3)c2)C1=O. The third-order valence-corrected chi connectivity index (χ3v) is 4.35. The van der Waals surface area contributed by atoms with E-state index in [1.807, 2.05) is 11.0 Å². The van der Waals surface area contributed by atoms with E-state index in [2.05, 4.69) is 60.8 Å². The molecule has 1 atom stereocenters. The highest BCUT2D eigenvalue weighted by atomic mass is 16.2. The van der Waals surface area contributed by atoms with Crippen LogP contribution in [0.25, 0.3) is 11.1 Å². The maximum atomic E-state index is 12.5. The summed E-state index contributed by atoms with van der Waals surface area (Å²) in [7, 11) is 0. The van der Waals surface area contributed by atoms with Crippen LogP contribution in [0.4, 0.5) is 0 Å². The topological polar surface area (TPSA) is 32.3 Å². The third-order valence-electron chi connectivity index (χ3n) is 4.35. The van der Waals surface area contributed by atoms with Crippen molar-refractivity contribution in [2.24, 2.45) is 0 Å². The van der Waals surface area contributed by atoms with Gasteiger partial charge in [-0.25, -0.2) is 0 Å². The summed E-state index contributed by atoms with van der Waals surface area (Å²) in [5.41, 5.74) is 3.62. The smallest absolute Gasteiger partial charge is 0.240 e. The van der Waals surface area contributed by atoms with Crippen molar-refractivity contribution < 1.29 is 4.79 Å². The number of hydrogen-bond acceptors (Lipinski definition) is 2. The van der Waals surface area contributed by atoms with Crippen LogP contribution in [0.2, 0.25) is 0 Å². The lowest BCUT2D eigenvalue weighted by molar-refractivity contribution is -0.135. The van der Waals surface area contributed by atoms with Crippen LogP contribution < -0.4 is 5.32 Å². The van der Waals surface area contributed by atoms with Crippen molar-refractivity contribution >= 4 is 5.91 Å². The van der Waals surface area contributed by atoms with Gasteiger partial charge in [0, 0.05) is 19.6 Å². The highest BCUT2D eigenvalue weighted by Crippen LogP contribution is 2.21. The van der Waals surface area contributed by atoms with E-state index in [9.17, 15) is 4.79 Å². The monoisotopic (exact) mass is 308 g/mol. The molecule has 1 amide bonds. The number of carbonyl (C=O) groups is 1. The predicted molar refractivity (Wildman–Crippen MR) is 94.2 cm³/mol. The maximum Gasteiger partial charge on any atom is 0.240 e. The number of hydrogen-bond donors (Lipinski definition) is 1. The zero-order chi connectivity index (χ0) is 16.1. The van der Waals surface area contributed by atoms with E-state index in [4.69, 9.17) is 0 Å². The summed E-state index contributed by atoms with van der Waals surface area (Å²) >= 11 is 0. The Bertz CT molecular complexity index is 652. The largest absolute Gasteiger partial charge is 0.340 e. The van der Waals surface area contributed by atoms with Crippen LogP contribution >= 0.6 is 0 Å². The van der Waals surface area contributed by atoms with Crippen LogP contribution in [0.15, 0.2) is 54.6 Å². The first-order valence-electron chi connectivity index (χ1n) is 8.44. The molecule has 1 aliphatic rings. The van der Waals surface area contributed by atoms with E-state index in [1.54, 1.807) is 0 Å². The fourth-order valence-electron chi connectivity index (χ4n) is 3.19. The first-order chi connectivity index (χ1) is 11.3. The lowest BCUT2D eigenvalue weighted by Gasteiger charge is -2.33. The van der Waals surface area contributed by atoms with E-state index < -0.39 is 0 Å². The molecular formula is C20H24N2O. The van der Waals surface area contributed by atoms with Crippen molar-refractivity contribution in [1.29, 1.82) is 0 Å². The van der Waals surface area contributed by atoms with Crippen molar-refractivity contribution in [3.8, 4) is 11.1 Å². The minimum atomic E-state index is -0.0960. The van der Waals surface area contributed by atoms with Crippen molar-refractivity contribution in [3.63, 3.8) is 0 Å². The van der Waals surface area contributed by atoms with Gasteiger partial charge in [0.2, 0.25) is 5.91 Å². The summed E-state index contributed by atoms with van der Waals surface area (Å²) in [5.74, 6) is 0.239. The summed E-state index contributed by atoms with van der Waals surface area (Å²) in [6, 6.07) is 18.8. The van der Waals surface area contributed by atoms with E-state index >= 15 is 0 Å². The number of nitrogens with zero attached hydrogens (tertiary/aromatic N) is 1. The summed E-state index contributed by atoms with van der Waals surface area (Å²) in [4.78, 5) is 14.5. The molecule has 3 heteroatoms. The number of amides is 1. The Morgan fingerprint density at radius 3 is 2.65 bits per heavy atom. The Hall–Kier alpha value is -2.13. The van der Waals surface area contributed by atoms with Crippen molar-refractivity contribution in [1.82, 2.24) is 10.2 Å². The lowest BCUT2D eigenvalue weighted by atomic mass is 9.98. The molecule has 3 rings (SSSR count). The van der Waals surface area contributed by atoms with E-state index in [0.717, 1.165) is 32.5 Å². The number of benzene rings is 2. The van der Waals surface area contributed by atoms with Crippen molar-refractivity contribution in [2.75, 3.05) is 19.6 Å². The summed E-state index contributed by atoms with van der Waals surface area (Å²) < 4.78 is 0. The molecule has 0 aromatic heterocycles. The molecule has 0 saturated carbocycles. The minimum absolute atomic E-state index is 0.0960. The van der Waals surface area contributed by atoms with E-state index in [1.165, 1.54) is 16.7 Å². The molecule has 23 heavy (non-hydrogen) atoms. The van der Waals surface area contributed by atoms with Gasteiger partial charge in [-0.3, -0.25) is 4.79 Å². The molecule has 1 aliphatic heterocycles. The van der Waals surface area contributed by atoms with Crippen LogP contribution in [0, 0.1) is 0 Å². The second-order valence-electron chi connectivity index (χ2n) is 6.10. The van der Waals surface area contributed by atoms with Gasteiger partial charge >= 0.3 is 0 Å². The molecule has 0 spiro atoms. The second-order valence-corrected chi connectivity index (χ2v) is 6.10. The van der Waals surface area contributed by atoms with Gasteiger partial charge in [-0.2, -0.15) is 0 Å². The molecule has 0 aliphatic carbocycles. The van der Waals surface area contributed by atoms with Crippen molar-refractivity contribution in [2.45, 2.75) is 25.8 Å². The van der Waals surface area contributed by atoms with Crippen LogP contribution in [0.5, 0.6) is 0 Å². The third kappa shape index (κ3) is 3.80. The normalized spacial score (nSPS) is 18.2. The van der Waals surface area contributed by atoms with Gasteiger partial charge in [0.25, 0.3) is 0 Å². The highest BCUT2D eigenvalue weighted by Gasteiger charge is 2.27. The average Bonchev–Trinajstić information content (AvgIpc) is 2.60. The Morgan fingerprint density at radius 1 is 1.09 bits per heavy atom. The van der Waals surface area contributed by atoms with Crippen LogP contribution in [-0.4, -0.2) is 36.5 Å².